The average molecular weight is 360 g/mol. The summed E-state index contributed by atoms with van der Waals surface area (Å²) in [4.78, 5) is 27.0. The third-order valence-corrected chi connectivity index (χ3v) is 4.07. The quantitative estimate of drug-likeness (QED) is 0.779. The van der Waals surface area contributed by atoms with Crippen molar-refractivity contribution < 1.29 is 18.4 Å². The van der Waals surface area contributed by atoms with Gasteiger partial charge in [-0.2, -0.15) is 0 Å². The largest absolute Gasteiger partial charge is 0.313 e. The second kappa shape index (κ2) is 8.56. The highest BCUT2D eigenvalue weighted by Gasteiger charge is 2.22. The number of benzene rings is 2. The van der Waals surface area contributed by atoms with E-state index in [1.807, 2.05) is 38.1 Å². The lowest BCUT2D eigenvalue weighted by atomic mass is 10.2. The molecule has 0 atom stereocenters. The summed E-state index contributed by atoms with van der Waals surface area (Å²) in [7, 11) is 0. The SMILES string of the molecule is CCN(C(=O)CCN(C(C)=O)c1c(F)cccc1F)c1cccc(C)c1. The van der Waals surface area contributed by atoms with E-state index in [1.165, 1.54) is 13.0 Å². The molecule has 0 aliphatic rings. The number of halogens is 2. The number of aryl methyl sites for hydroxylation is 1. The third-order valence-electron chi connectivity index (χ3n) is 4.07. The number of para-hydroxylation sites is 1. The van der Waals surface area contributed by atoms with Crippen molar-refractivity contribution in [1.29, 1.82) is 0 Å². The summed E-state index contributed by atoms with van der Waals surface area (Å²) >= 11 is 0. The molecule has 26 heavy (non-hydrogen) atoms. The van der Waals surface area contributed by atoms with E-state index in [-0.39, 0.29) is 18.9 Å². The van der Waals surface area contributed by atoms with E-state index in [9.17, 15) is 18.4 Å². The van der Waals surface area contributed by atoms with Crippen LogP contribution >= 0.6 is 0 Å². The Balaban J connectivity index is 2.18. The van der Waals surface area contributed by atoms with Gasteiger partial charge in [0.1, 0.15) is 17.3 Å². The second-order valence-electron chi connectivity index (χ2n) is 5.97. The van der Waals surface area contributed by atoms with Crippen molar-refractivity contribution in [2.24, 2.45) is 0 Å². The second-order valence-corrected chi connectivity index (χ2v) is 5.97. The van der Waals surface area contributed by atoms with E-state index in [2.05, 4.69) is 0 Å². The van der Waals surface area contributed by atoms with Crippen molar-refractivity contribution >= 4 is 23.2 Å². The molecule has 2 aromatic carbocycles. The number of hydrogen-bond acceptors (Lipinski definition) is 2. The molecule has 2 amide bonds. The van der Waals surface area contributed by atoms with Crippen LogP contribution in [0, 0.1) is 18.6 Å². The number of carbonyl (C=O) groups excluding carboxylic acids is 2. The number of anilines is 2. The Morgan fingerprint density at radius 3 is 2.15 bits per heavy atom. The van der Waals surface area contributed by atoms with Gasteiger partial charge in [0.2, 0.25) is 11.8 Å². The average Bonchev–Trinajstić information content (AvgIpc) is 2.58. The van der Waals surface area contributed by atoms with Crippen LogP contribution in [0.4, 0.5) is 20.2 Å². The van der Waals surface area contributed by atoms with Crippen LogP contribution in [0.3, 0.4) is 0 Å². The van der Waals surface area contributed by atoms with E-state index in [4.69, 9.17) is 0 Å². The fraction of sp³-hybridized carbons (Fsp3) is 0.300. The first-order chi connectivity index (χ1) is 12.3. The lowest BCUT2D eigenvalue weighted by Crippen LogP contribution is -2.37. The molecule has 0 aliphatic carbocycles. The molecule has 0 aromatic heterocycles. The van der Waals surface area contributed by atoms with E-state index in [0.717, 1.165) is 28.3 Å². The Morgan fingerprint density at radius 2 is 1.62 bits per heavy atom. The first-order valence-electron chi connectivity index (χ1n) is 8.44. The molecule has 2 aromatic rings. The Morgan fingerprint density at radius 1 is 1.00 bits per heavy atom. The van der Waals surface area contributed by atoms with Crippen molar-refractivity contribution in [1.82, 2.24) is 0 Å². The molecule has 138 valence electrons. The minimum atomic E-state index is -0.835. The highest BCUT2D eigenvalue weighted by Crippen LogP contribution is 2.24. The Bertz CT molecular complexity index is 788. The first-order valence-corrected chi connectivity index (χ1v) is 8.44. The van der Waals surface area contributed by atoms with E-state index in [0.29, 0.717) is 6.54 Å². The van der Waals surface area contributed by atoms with E-state index >= 15 is 0 Å². The predicted molar refractivity (Wildman–Crippen MR) is 98.2 cm³/mol. The van der Waals surface area contributed by atoms with Gasteiger partial charge in [-0.3, -0.25) is 9.59 Å². The zero-order valence-electron chi connectivity index (χ0n) is 15.1. The van der Waals surface area contributed by atoms with Crippen LogP contribution in [0.2, 0.25) is 0 Å². The summed E-state index contributed by atoms with van der Waals surface area (Å²) in [6.45, 7) is 5.35. The minimum absolute atomic E-state index is 0.0465. The summed E-state index contributed by atoms with van der Waals surface area (Å²) in [5, 5.41) is 0. The summed E-state index contributed by atoms with van der Waals surface area (Å²) in [6, 6.07) is 10.9. The van der Waals surface area contributed by atoms with Gasteiger partial charge in [0.25, 0.3) is 0 Å². The highest BCUT2D eigenvalue weighted by molar-refractivity contribution is 5.96. The molecule has 0 N–H and O–H groups in total. The summed E-state index contributed by atoms with van der Waals surface area (Å²) in [6.07, 6.45) is -0.0465. The number of nitrogens with zero attached hydrogens (tertiary/aromatic N) is 2. The van der Waals surface area contributed by atoms with Crippen molar-refractivity contribution in [2.45, 2.75) is 27.2 Å². The number of rotatable bonds is 6. The number of carbonyl (C=O) groups is 2. The molecule has 0 radical (unpaired) electrons. The van der Waals surface area contributed by atoms with E-state index in [1.54, 1.807) is 4.90 Å². The van der Waals surface area contributed by atoms with Gasteiger partial charge in [0, 0.05) is 32.1 Å². The highest BCUT2D eigenvalue weighted by atomic mass is 19.1. The maximum Gasteiger partial charge on any atom is 0.228 e. The van der Waals surface area contributed by atoms with Gasteiger partial charge < -0.3 is 9.80 Å². The van der Waals surface area contributed by atoms with Crippen LogP contribution in [0.25, 0.3) is 0 Å². The lowest BCUT2D eigenvalue weighted by Gasteiger charge is -2.25. The summed E-state index contributed by atoms with van der Waals surface area (Å²) < 4.78 is 28.0. The zero-order valence-corrected chi connectivity index (χ0v) is 15.1. The molecule has 0 aliphatic heterocycles. The Kier molecular flexibility index (Phi) is 6.44. The molecule has 0 heterocycles. The van der Waals surface area contributed by atoms with Gasteiger partial charge in [-0.15, -0.1) is 0 Å². The summed E-state index contributed by atoms with van der Waals surface area (Å²) in [5.74, 6) is -2.42. The van der Waals surface area contributed by atoms with Crippen molar-refractivity contribution in [3.8, 4) is 0 Å². The van der Waals surface area contributed by atoms with Gasteiger partial charge >= 0.3 is 0 Å². The van der Waals surface area contributed by atoms with Gasteiger partial charge in [-0.05, 0) is 43.7 Å². The van der Waals surface area contributed by atoms with Crippen LogP contribution in [-0.2, 0) is 9.59 Å². The monoisotopic (exact) mass is 360 g/mol. The fourth-order valence-corrected chi connectivity index (χ4v) is 2.81. The normalized spacial score (nSPS) is 10.5. The van der Waals surface area contributed by atoms with Crippen molar-refractivity contribution in [3.05, 3.63) is 59.7 Å². The van der Waals surface area contributed by atoms with Crippen LogP contribution in [0.15, 0.2) is 42.5 Å². The predicted octanol–water partition coefficient (Wildman–Crippen LogP) is 4.07. The van der Waals surface area contributed by atoms with Gasteiger partial charge in [0.15, 0.2) is 0 Å². The smallest absolute Gasteiger partial charge is 0.228 e. The zero-order chi connectivity index (χ0) is 19.3. The molecule has 6 heteroatoms. The Labute approximate surface area is 152 Å². The number of amides is 2. The fourth-order valence-electron chi connectivity index (χ4n) is 2.81. The molecule has 0 fully saturated rings. The first kappa shape index (κ1) is 19.6. The molecule has 0 unspecified atom stereocenters. The Hall–Kier alpha value is -2.76. The topological polar surface area (TPSA) is 40.6 Å². The van der Waals surface area contributed by atoms with Crippen LogP contribution in [-0.4, -0.2) is 24.9 Å². The standard InChI is InChI=1S/C20H22F2N2O2/c1-4-23(16-8-5-7-14(2)13-16)19(26)11-12-24(15(3)25)20-17(21)9-6-10-18(20)22/h5-10,13H,4,11-12H2,1-3H3. The summed E-state index contributed by atoms with van der Waals surface area (Å²) in [5.41, 5.74) is 1.35. The van der Waals surface area contributed by atoms with Crippen LogP contribution < -0.4 is 9.80 Å². The van der Waals surface area contributed by atoms with Crippen molar-refractivity contribution in [3.63, 3.8) is 0 Å². The molecule has 0 bridgehead atoms. The third kappa shape index (κ3) is 4.45. The number of hydrogen-bond donors (Lipinski definition) is 0. The molecular formula is C20H22F2N2O2. The molecule has 0 spiro atoms. The van der Waals surface area contributed by atoms with Gasteiger partial charge in [-0.25, -0.2) is 8.78 Å². The molecule has 0 saturated carbocycles. The maximum atomic E-state index is 14.0. The maximum absolute atomic E-state index is 14.0. The molecule has 0 saturated heterocycles. The molecule has 4 nitrogen and oxygen atoms in total. The van der Waals surface area contributed by atoms with Crippen LogP contribution in [0.5, 0.6) is 0 Å². The van der Waals surface area contributed by atoms with Crippen LogP contribution in [0.1, 0.15) is 25.8 Å². The van der Waals surface area contributed by atoms with Crippen molar-refractivity contribution in [2.75, 3.05) is 22.9 Å². The molecular weight excluding hydrogens is 338 g/mol. The van der Waals surface area contributed by atoms with Gasteiger partial charge in [-0.1, -0.05) is 18.2 Å². The molecule has 2 rings (SSSR count). The van der Waals surface area contributed by atoms with Gasteiger partial charge in [0.05, 0.1) is 0 Å². The lowest BCUT2D eigenvalue weighted by molar-refractivity contribution is -0.118. The minimum Gasteiger partial charge on any atom is -0.313 e. The van der Waals surface area contributed by atoms with E-state index < -0.39 is 23.2 Å².